The largest absolute Gasteiger partial charge is 0.454 e. The molecule has 10 heteroatoms. The van der Waals surface area contributed by atoms with Gasteiger partial charge in [-0.15, -0.1) is 0 Å². The summed E-state index contributed by atoms with van der Waals surface area (Å²) in [4.78, 5) is 33.3. The number of carbonyl (C=O) groups excluding carboxylic acids is 2. The Kier molecular flexibility index (Phi) is 5.70. The molecule has 2 aliphatic rings. The van der Waals surface area contributed by atoms with E-state index in [1.165, 1.54) is 17.0 Å². The number of halogens is 2. The van der Waals surface area contributed by atoms with Crippen LogP contribution in [0.15, 0.2) is 54.7 Å². The summed E-state index contributed by atoms with van der Waals surface area (Å²) in [5.41, 5.74) is 0.635. The van der Waals surface area contributed by atoms with Crippen LogP contribution in [0.3, 0.4) is 0 Å². The van der Waals surface area contributed by atoms with Gasteiger partial charge in [-0.05, 0) is 42.5 Å². The van der Waals surface area contributed by atoms with Crippen LogP contribution in [-0.4, -0.2) is 54.7 Å². The Balaban J connectivity index is 1.27. The van der Waals surface area contributed by atoms with Crippen molar-refractivity contribution in [3.63, 3.8) is 0 Å². The highest BCUT2D eigenvalue weighted by Gasteiger charge is 2.27. The van der Waals surface area contributed by atoms with E-state index in [1.54, 1.807) is 36.5 Å². The lowest BCUT2D eigenvalue weighted by molar-refractivity contribution is 0.0740. The fourth-order valence-corrected chi connectivity index (χ4v) is 3.94. The van der Waals surface area contributed by atoms with Crippen LogP contribution in [0.25, 0.3) is 0 Å². The lowest BCUT2D eigenvalue weighted by Crippen LogP contribution is -2.49. The van der Waals surface area contributed by atoms with Gasteiger partial charge in [-0.1, -0.05) is 6.07 Å². The van der Waals surface area contributed by atoms with Gasteiger partial charge in [-0.25, -0.2) is 13.8 Å². The molecule has 0 aliphatic carbocycles. The van der Waals surface area contributed by atoms with Crippen LogP contribution in [0.5, 0.6) is 11.5 Å². The average molecular weight is 466 g/mol. The second kappa shape index (κ2) is 8.97. The van der Waals surface area contributed by atoms with E-state index >= 15 is 0 Å². The molecule has 0 unspecified atom stereocenters. The molecular weight excluding hydrogens is 446 g/mol. The molecule has 0 saturated carbocycles. The molecule has 8 nitrogen and oxygen atoms in total. The maximum atomic E-state index is 14.0. The third kappa shape index (κ3) is 4.09. The molecule has 2 aliphatic heterocycles. The van der Waals surface area contributed by atoms with Gasteiger partial charge in [0, 0.05) is 37.9 Å². The second-order valence-corrected chi connectivity index (χ2v) is 7.78. The number of rotatable bonds is 4. The number of fused-ring (bicyclic) bond motifs is 1. The highest BCUT2D eigenvalue weighted by atomic mass is 19.2. The average Bonchev–Trinajstić information content (AvgIpc) is 3.34. The summed E-state index contributed by atoms with van der Waals surface area (Å²) in [6.07, 6.45) is 1.62. The minimum Gasteiger partial charge on any atom is -0.454 e. The first-order valence-corrected chi connectivity index (χ1v) is 10.7. The molecule has 174 valence electrons. The Bertz CT molecular complexity index is 1260. The molecule has 3 aromatic rings. The van der Waals surface area contributed by atoms with Gasteiger partial charge in [0.25, 0.3) is 11.8 Å². The summed E-state index contributed by atoms with van der Waals surface area (Å²) in [7, 11) is 0. The van der Waals surface area contributed by atoms with Gasteiger partial charge in [0.15, 0.2) is 29.0 Å². The number of nitrogens with one attached hydrogen (secondary N) is 1. The fourth-order valence-electron chi connectivity index (χ4n) is 3.94. The van der Waals surface area contributed by atoms with E-state index in [2.05, 4.69) is 10.3 Å². The molecule has 0 bridgehead atoms. The van der Waals surface area contributed by atoms with Crippen molar-refractivity contribution in [1.29, 1.82) is 0 Å². The zero-order chi connectivity index (χ0) is 23.7. The number of amides is 2. The quantitative estimate of drug-likeness (QED) is 0.635. The smallest absolute Gasteiger partial charge is 0.257 e. The zero-order valence-electron chi connectivity index (χ0n) is 18.0. The Morgan fingerprint density at radius 2 is 1.74 bits per heavy atom. The van der Waals surface area contributed by atoms with E-state index in [1.807, 2.05) is 4.90 Å². The van der Waals surface area contributed by atoms with Crippen molar-refractivity contribution >= 4 is 23.3 Å². The van der Waals surface area contributed by atoms with Crippen molar-refractivity contribution in [3.05, 3.63) is 77.5 Å². The Morgan fingerprint density at radius 1 is 0.941 bits per heavy atom. The summed E-state index contributed by atoms with van der Waals surface area (Å²) in [5.74, 6) is -1.44. The highest BCUT2D eigenvalue weighted by Crippen LogP contribution is 2.33. The molecule has 1 saturated heterocycles. The maximum absolute atomic E-state index is 14.0. The van der Waals surface area contributed by atoms with Crippen LogP contribution in [0, 0.1) is 11.6 Å². The minimum absolute atomic E-state index is 0.119. The predicted octanol–water partition coefficient (Wildman–Crippen LogP) is 3.30. The number of piperazine rings is 1. The number of nitrogens with zero attached hydrogens (tertiary/aromatic N) is 3. The number of carbonyl (C=O) groups is 2. The van der Waals surface area contributed by atoms with E-state index in [-0.39, 0.29) is 18.3 Å². The number of anilines is 2. The normalized spacial score (nSPS) is 14.8. The maximum Gasteiger partial charge on any atom is 0.257 e. The number of benzene rings is 2. The van der Waals surface area contributed by atoms with E-state index in [0.29, 0.717) is 54.7 Å². The van der Waals surface area contributed by atoms with Crippen molar-refractivity contribution < 1.29 is 27.8 Å². The van der Waals surface area contributed by atoms with E-state index in [0.717, 1.165) is 6.07 Å². The van der Waals surface area contributed by atoms with Crippen LogP contribution in [-0.2, 0) is 0 Å². The summed E-state index contributed by atoms with van der Waals surface area (Å²) < 4.78 is 38.2. The Morgan fingerprint density at radius 3 is 2.56 bits per heavy atom. The van der Waals surface area contributed by atoms with Gasteiger partial charge in [-0.2, -0.15) is 0 Å². The Hall–Kier alpha value is -4.21. The molecule has 2 aromatic carbocycles. The summed E-state index contributed by atoms with van der Waals surface area (Å²) in [6, 6.07) is 12.0. The molecule has 0 atom stereocenters. The molecule has 1 aromatic heterocycles. The molecular formula is C24H20F2N4O4. The molecule has 2 amide bonds. The van der Waals surface area contributed by atoms with Crippen molar-refractivity contribution in [2.24, 2.45) is 0 Å². The predicted molar refractivity (Wildman–Crippen MR) is 119 cm³/mol. The van der Waals surface area contributed by atoms with Crippen molar-refractivity contribution in [2.75, 3.05) is 43.2 Å². The molecule has 0 spiro atoms. The number of pyridine rings is 1. The summed E-state index contributed by atoms with van der Waals surface area (Å²) in [6.45, 7) is 1.52. The van der Waals surface area contributed by atoms with Crippen molar-refractivity contribution in [3.8, 4) is 11.5 Å². The van der Waals surface area contributed by atoms with Crippen LogP contribution >= 0.6 is 0 Å². The molecule has 1 fully saturated rings. The van der Waals surface area contributed by atoms with Gasteiger partial charge < -0.3 is 24.6 Å². The monoisotopic (exact) mass is 466 g/mol. The standard InChI is InChI=1S/C24H20F2N4O4/c25-17-4-1-3-16(21(17)26)24(32)30-11-9-29(10-12-30)22-18(5-2-8-27-22)28-23(31)15-6-7-19-20(13-15)34-14-33-19/h1-8,13H,9-12,14H2,(H,28,31). The van der Waals surface area contributed by atoms with Gasteiger partial charge >= 0.3 is 0 Å². The van der Waals surface area contributed by atoms with Crippen LogP contribution < -0.4 is 19.7 Å². The number of hydrogen-bond acceptors (Lipinski definition) is 6. The number of aromatic nitrogens is 1. The first-order chi connectivity index (χ1) is 16.5. The van der Waals surface area contributed by atoms with Crippen LogP contribution in [0.1, 0.15) is 20.7 Å². The van der Waals surface area contributed by atoms with E-state index < -0.39 is 17.5 Å². The highest BCUT2D eigenvalue weighted by molar-refractivity contribution is 6.06. The van der Waals surface area contributed by atoms with Gasteiger partial charge in [0.2, 0.25) is 6.79 Å². The Labute approximate surface area is 193 Å². The first-order valence-electron chi connectivity index (χ1n) is 10.7. The topological polar surface area (TPSA) is 84.0 Å². The van der Waals surface area contributed by atoms with Gasteiger partial charge in [0.05, 0.1) is 11.3 Å². The van der Waals surface area contributed by atoms with Crippen molar-refractivity contribution in [1.82, 2.24) is 9.88 Å². The van der Waals surface area contributed by atoms with E-state index in [9.17, 15) is 18.4 Å². The summed E-state index contributed by atoms with van der Waals surface area (Å²) in [5, 5.41) is 2.88. The molecule has 34 heavy (non-hydrogen) atoms. The second-order valence-electron chi connectivity index (χ2n) is 7.78. The fraction of sp³-hybridized carbons (Fsp3) is 0.208. The third-order valence-electron chi connectivity index (χ3n) is 5.72. The molecule has 3 heterocycles. The lowest BCUT2D eigenvalue weighted by Gasteiger charge is -2.36. The molecule has 0 radical (unpaired) electrons. The third-order valence-corrected chi connectivity index (χ3v) is 5.72. The lowest BCUT2D eigenvalue weighted by atomic mass is 10.1. The summed E-state index contributed by atoms with van der Waals surface area (Å²) >= 11 is 0. The SMILES string of the molecule is O=C(Nc1cccnc1N1CCN(C(=O)c2cccc(F)c2F)CC1)c1ccc2c(c1)OCO2. The minimum atomic E-state index is -1.15. The van der Waals surface area contributed by atoms with Crippen LogP contribution in [0.4, 0.5) is 20.3 Å². The van der Waals surface area contributed by atoms with Crippen LogP contribution in [0.2, 0.25) is 0 Å². The number of ether oxygens (including phenoxy) is 2. The van der Waals surface area contributed by atoms with Gasteiger partial charge in [-0.3, -0.25) is 9.59 Å². The molecule has 1 N–H and O–H groups in total. The first kappa shape index (κ1) is 21.6. The number of hydrogen-bond donors (Lipinski definition) is 1. The zero-order valence-corrected chi connectivity index (χ0v) is 18.0. The van der Waals surface area contributed by atoms with Crippen molar-refractivity contribution in [2.45, 2.75) is 0 Å². The van der Waals surface area contributed by atoms with E-state index in [4.69, 9.17) is 9.47 Å². The molecule has 5 rings (SSSR count). The van der Waals surface area contributed by atoms with Gasteiger partial charge in [0.1, 0.15) is 0 Å².